The van der Waals surface area contributed by atoms with Crippen molar-refractivity contribution in [3.8, 4) is 5.75 Å². The van der Waals surface area contributed by atoms with Crippen LogP contribution in [0.2, 0.25) is 0 Å². The number of hydrogen-bond donors (Lipinski definition) is 3. The Morgan fingerprint density at radius 3 is 3.23 bits per heavy atom. The molecule has 110 valence electrons. The molecule has 0 aliphatic carbocycles. The van der Waals surface area contributed by atoms with Crippen LogP contribution in [-0.2, 0) is 0 Å². The fourth-order valence-electron chi connectivity index (χ4n) is 2.53. The SMILES string of the molecule is NC1COc2cc(C(=O)Nc3ccnc4[nH]ncc34)ccc21. The zero-order chi connectivity index (χ0) is 15.1. The molecule has 3 heterocycles. The van der Waals surface area contributed by atoms with Crippen LogP contribution in [0.3, 0.4) is 0 Å². The summed E-state index contributed by atoms with van der Waals surface area (Å²) in [6.07, 6.45) is 3.24. The topological polar surface area (TPSA) is 106 Å². The minimum atomic E-state index is -0.222. The fraction of sp³-hybridized carbons (Fsp3) is 0.133. The third kappa shape index (κ3) is 1.99. The molecule has 0 radical (unpaired) electrons. The highest BCUT2D eigenvalue weighted by Crippen LogP contribution is 2.31. The van der Waals surface area contributed by atoms with Crippen LogP contribution in [0.25, 0.3) is 11.0 Å². The maximum atomic E-state index is 12.4. The van der Waals surface area contributed by atoms with Crippen molar-refractivity contribution in [2.45, 2.75) is 6.04 Å². The lowest BCUT2D eigenvalue weighted by Gasteiger charge is -2.07. The van der Waals surface area contributed by atoms with Crippen molar-refractivity contribution in [2.75, 3.05) is 11.9 Å². The summed E-state index contributed by atoms with van der Waals surface area (Å²) in [6.45, 7) is 0.445. The standard InChI is InChI=1S/C15H13N5O2/c16-11-7-22-13-5-8(1-2-9(11)13)15(21)19-12-3-4-17-14-10(12)6-18-20-14/h1-6,11H,7,16H2,(H2,17,18,19,20,21). The second-order valence-electron chi connectivity index (χ2n) is 5.12. The number of carbonyl (C=O) groups is 1. The predicted octanol–water partition coefficient (Wildman–Crippen LogP) is 1.60. The maximum Gasteiger partial charge on any atom is 0.255 e. The fourth-order valence-corrected chi connectivity index (χ4v) is 2.53. The summed E-state index contributed by atoms with van der Waals surface area (Å²) in [7, 11) is 0. The molecule has 0 saturated carbocycles. The number of benzene rings is 1. The van der Waals surface area contributed by atoms with Gasteiger partial charge in [-0.05, 0) is 18.2 Å². The van der Waals surface area contributed by atoms with Crippen molar-refractivity contribution >= 4 is 22.6 Å². The van der Waals surface area contributed by atoms with Gasteiger partial charge in [0.15, 0.2) is 5.65 Å². The quantitative estimate of drug-likeness (QED) is 0.666. The van der Waals surface area contributed by atoms with Crippen LogP contribution in [0, 0.1) is 0 Å². The predicted molar refractivity (Wildman–Crippen MR) is 80.7 cm³/mol. The molecule has 0 saturated heterocycles. The molecular formula is C15H13N5O2. The van der Waals surface area contributed by atoms with Crippen LogP contribution in [0.1, 0.15) is 22.0 Å². The van der Waals surface area contributed by atoms with Crippen molar-refractivity contribution in [3.05, 3.63) is 47.8 Å². The van der Waals surface area contributed by atoms with E-state index in [1.807, 2.05) is 6.07 Å². The number of pyridine rings is 1. The Kier molecular flexibility index (Phi) is 2.80. The highest BCUT2D eigenvalue weighted by Gasteiger charge is 2.22. The van der Waals surface area contributed by atoms with Crippen LogP contribution in [0.15, 0.2) is 36.7 Å². The summed E-state index contributed by atoms with van der Waals surface area (Å²) < 4.78 is 5.48. The molecule has 1 aliphatic rings. The van der Waals surface area contributed by atoms with Gasteiger partial charge in [0, 0.05) is 17.3 Å². The average Bonchev–Trinajstić information content (AvgIpc) is 3.14. The van der Waals surface area contributed by atoms with Gasteiger partial charge in [-0.2, -0.15) is 5.10 Å². The molecule has 7 heteroatoms. The molecule has 1 aromatic carbocycles. The number of nitrogens with zero attached hydrogens (tertiary/aromatic N) is 2. The summed E-state index contributed by atoms with van der Waals surface area (Å²) >= 11 is 0. The summed E-state index contributed by atoms with van der Waals surface area (Å²) in [6, 6.07) is 6.90. The van der Waals surface area contributed by atoms with E-state index >= 15 is 0 Å². The van der Waals surface area contributed by atoms with Crippen molar-refractivity contribution in [2.24, 2.45) is 5.73 Å². The van der Waals surface area contributed by atoms with Gasteiger partial charge < -0.3 is 15.8 Å². The van der Waals surface area contributed by atoms with Gasteiger partial charge in [0.1, 0.15) is 12.4 Å². The van der Waals surface area contributed by atoms with Crippen molar-refractivity contribution < 1.29 is 9.53 Å². The number of aromatic nitrogens is 3. The van der Waals surface area contributed by atoms with Crippen molar-refractivity contribution in [1.29, 1.82) is 0 Å². The Hall–Kier alpha value is -2.93. The Labute approximate surface area is 125 Å². The summed E-state index contributed by atoms with van der Waals surface area (Å²) in [5.74, 6) is 0.448. The molecule has 3 aromatic rings. The minimum Gasteiger partial charge on any atom is -0.491 e. The van der Waals surface area contributed by atoms with Crippen molar-refractivity contribution in [3.63, 3.8) is 0 Å². The van der Waals surface area contributed by atoms with Crippen molar-refractivity contribution in [1.82, 2.24) is 15.2 Å². The van der Waals surface area contributed by atoms with Gasteiger partial charge in [0.05, 0.1) is 23.3 Å². The minimum absolute atomic E-state index is 0.127. The number of ether oxygens (including phenoxy) is 1. The number of aromatic amines is 1. The monoisotopic (exact) mass is 295 g/mol. The van der Waals surface area contributed by atoms with Gasteiger partial charge in [-0.15, -0.1) is 0 Å². The van der Waals surface area contributed by atoms with E-state index in [2.05, 4.69) is 20.5 Å². The lowest BCUT2D eigenvalue weighted by Crippen LogP contribution is -2.12. The molecule has 1 aliphatic heterocycles. The van der Waals surface area contributed by atoms with E-state index in [0.29, 0.717) is 29.3 Å². The molecule has 0 spiro atoms. The molecule has 1 unspecified atom stereocenters. The molecule has 2 aromatic heterocycles. The molecule has 7 nitrogen and oxygen atoms in total. The first-order chi connectivity index (χ1) is 10.7. The van der Waals surface area contributed by atoms with E-state index in [4.69, 9.17) is 10.5 Å². The average molecular weight is 295 g/mol. The zero-order valence-electron chi connectivity index (χ0n) is 11.5. The highest BCUT2D eigenvalue weighted by atomic mass is 16.5. The van der Waals surface area contributed by atoms with Gasteiger partial charge in [-0.1, -0.05) is 6.07 Å². The summed E-state index contributed by atoms with van der Waals surface area (Å²) in [5, 5.41) is 10.3. The van der Waals surface area contributed by atoms with Gasteiger partial charge in [0.25, 0.3) is 5.91 Å². The van der Waals surface area contributed by atoms with E-state index in [-0.39, 0.29) is 11.9 Å². The molecule has 0 fully saturated rings. The van der Waals surface area contributed by atoms with E-state index in [9.17, 15) is 4.79 Å². The number of amides is 1. The van der Waals surface area contributed by atoms with Crippen LogP contribution < -0.4 is 15.8 Å². The first kappa shape index (κ1) is 12.8. The Balaban J connectivity index is 1.64. The number of H-pyrrole nitrogens is 1. The van der Waals surface area contributed by atoms with E-state index < -0.39 is 0 Å². The first-order valence-electron chi connectivity index (χ1n) is 6.84. The number of nitrogens with one attached hydrogen (secondary N) is 2. The Bertz CT molecular complexity index is 873. The summed E-state index contributed by atoms with van der Waals surface area (Å²) in [4.78, 5) is 16.5. The van der Waals surface area contributed by atoms with E-state index in [1.165, 1.54) is 0 Å². The second kappa shape index (κ2) is 4.81. The molecule has 1 atom stereocenters. The van der Waals surface area contributed by atoms with Crippen LogP contribution in [0.4, 0.5) is 5.69 Å². The van der Waals surface area contributed by atoms with Gasteiger partial charge in [-0.3, -0.25) is 9.89 Å². The third-order valence-corrected chi connectivity index (χ3v) is 3.70. The van der Waals surface area contributed by atoms with E-state index in [0.717, 1.165) is 10.9 Å². The molecule has 22 heavy (non-hydrogen) atoms. The number of carbonyl (C=O) groups excluding carboxylic acids is 1. The highest BCUT2D eigenvalue weighted by molar-refractivity contribution is 6.08. The van der Waals surface area contributed by atoms with Crippen LogP contribution in [0.5, 0.6) is 5.75 Å². The first-order valence-corrected chi connectivity index (χ1v) is 6.84. The number of hydrogen-bond acceptors (Lipinski definition) is 5. The lowest BCUT2D eigenvalue weighted by molar-refractivity contribution is 0.102. The maximum absolute atomic E-state index is 12.4. The number of nitrogens with two attached hydrogens (primary N) is 1. The van der Waals surface area contributed by atoms with Gasteiger partial charge in [-0.25, -0.2) is 4.98 Å². The van der Waals surface area contributed by atoms with Gasteiger partial charge >= 0.3 is 0 Å². The Morgan fingerprint density at radius 2 is 2.32 bits per heavy atom. The molecular weight excluding hydrogens is 282 g/mol. The normalized spacial score (nSPS) is 16.3. The van der Waals surface area contributed by atoms with Crippen LogP contribution >= 0.6 is 0 Å². The number of anilines is 1. The molecule has 1 amide bonds. The van der Waals surface area contributed by atoms with Crippen LogP contribution in [-0.4, -0.2) is 27.7 Å². The zero-order valence-corrected chi connectivity index (χ0v) is 11.5. The summed E-state index contributed by atoms with van der Waals surface area (Å²) in [5.41, 5.74) is 8.63. The number of rotatable bonds is 2. The second-order valence-corrected chi connectivity index (χ2v) is 5.12. The van der Waals surface area contributed by atoms with E-state index in [1.54, 1.807) is 30.6 Å². The molecule has 4 rings (SSSR count). The third-order valence-electron chi connectivity index (χ3n) is 3.70. The van der Waals surface area contributed by atoms with Gasteiger partial charge in [0.2, 0.25) is 0 Å². The largest absolute Gasteiger partial charge is 0.491 e. The number of fused-ring (bicyclic) bond motifs is 2. The smallest absolute Gasteiger partial charge is 0.255 e. The lowest BCUT2D eigenvalue weighted by atomic mass is 10.1. The molecule has 0 bridgehead atoms. The molecule has 4 N–H and O–H groups in total. The Morgan fingerprint density at radius 1 is 1.41 bits per heavy atom.